The average molecular weight is 356 g/mol. The molecular weight excluding hydrogens is 340 g/mol. The highest BCUT2D eigenvalue weighted by molar-refractivity contribution is 5.97. The Hall–Kier alpha value is -2.32. The number of hydrogen-bond acceptors (Lipinski definition) is 7. The summed E-state index contributed by atoms with van der Waals surface area (Å²) in [6.07, 6.45) is 4.69. The standard InChI is InChI=1S/C19H16O7/c1-11(20)12-8-9-17-18(10-12,24-16(2,3)23-17)26-19(25-17)14-7-5-4-6-13(14)15(21)22-19/h4-10H,1-3H3. The maximum absolute atomic E-state index is 12.3. The van der Waals surface area contributed by atoms with Crippen molar-refractivity contribution in [1.29, 1.82) is 0 Å². The van der Waals surface area contributed by atoms with Crippen LogP contribution in [0.1, 0.15) is 36.7 Å². The molecule has 2 saturated heterocycles. The number of ether oxygens (including phenoxy) is 5. The van der Waals surface area contributed by atoms with Gasteiger partial charge in [0.25, 0.3) is 11.6 Å². The zero-order valence-corrected chi connectivity index (χ0v) is 14.4. The molecule has 3 aliphatic heterocycles. The van der Waals surface area contributed by atoms with Gasteiger partial charge in [-0.05, 0) is 45.1 Å². The van der Waals surface area contributed by atoms with Crippen molar-refractivity contribution in [3.8, 4) is 0 Å². The third kappa shape index (κ3) is 1.80. The number of rotatable bonds is 1. The maximum atomic E-state index is 12.3. The zero-order chi connectivity index (χ0) is 18.4. The predicted octanol–water partition coefficient (Wildman–Crippen LogP) is 2.27. The first-order chi connectivity index (χ1) is 12.2. The second-order valence-corrected chi connectivity index (χ2v) is 7.12. The summed E-state index contributed by atoms with van der Waals surface area (Å²) in [6, 6.07) is 6.79. The van der Waals surface area contributed by atoms with Gasteiger partial charge in [-0.2, -0.15) is 0 Å². The molecule has 0 saturated carbocycles. The third-order valence-corrected chi connectivity index (χ3v) is 4.79. The van der Waals surface area contributed by atoms with Gasteiger partial charge in [-0.1, -0.05) is 18.2 Å². The van der Waals surface area contributed by atoms with Crippen LogP contribution in [-0.2, 0) is 34.5 Å². The summed E-state index contributed by atoms with van der Waals surface area (Å²) in [4.78, 5) is 24.2. The molecule has 0 radical (unpaired) electrons. The number of carbonyl (C=O) groups excluding carboxylic acids is 2. The first kappa shape index (κ1) is 15.9. The van der Waals surface area contributed by atoms with Crippen molar-refractivity contribution in [3.05, 3.63) is 59.2 Å². The molecule has 26 heavy (non-hydrogen) atoms. The molecule has 0 N–H and O–H groups in total. The molecule has 1 aliphatic carbocycles. The van der Waals surface area contributed by atoms with Gasteiger partial charge in [-0.15, -0.1) is 0 Å². The van der Waals surface area contributed by atoms with Crippen molar-refractivity contribution in [2.45, 2.75) is 44.1 Å². The number of esters is 1. The second-order valence-electron chi connectivity index (χ2n) is 7.12. The van der Waals surface area contributed by atoms with Crippen molar-refractivity contribution in [2.24, 2.45) is 0 Å². The van der Waals surface area contributed by atoms with Crippen LogP contribution in [-0.4, -0.2) is 29.1 Å². The topological polar surface area (TPSA) is 80.3 Å². The number of benzene rings is 1. The van der Waals surface area contributed by atoms with E-state index in [4.69, 9.17) is 23.7 Å². The van der Waals surface area contributed by atoms with Crippen LogP contribution in [0.3, 0.4) is 0 Å². The van der Waals surface area contributed by atoms with Gasteiger partial charge in [0.2, 0.25) is 0 Å². The molecule has 0 amide bonds. The van der Waals surface area contributed by atoms with Crippen LogP contribution in [0, 0.1) is 0 Å². The number of fused-ring (bicyclic) bond motifs is 2. The van der Waals surface area contributed by atoms with E-state index in [9.17, 15) is 9.59 Å². The van der Waals surface area contributed by atoms with Crippen molar-refractivity contribution in [3.63, 3.8) is 0 Å². The molecule has 0 bridgehead atoms. The molecule has 1 aromatic carbocycles. The molecule has 5 rings (SSSR count). The van der Waals surface area contributed by atoms with Gasteiger partial charge >= 0.3 is 11.9 Å². The van der Waals surface area contributed by atoms with E-state index in [1.165, 1.54) is 13.0 Å². The van der Waals surface area contributed by atoms with E-state index in [-0.39, 0.29) is 5.78 Å². The highest BCUT2D eigenvalue weighted by Gasteiger charge is 2.78. The molecule has 3 unspecified atom stereocenters. The molecule has 1 aromatic rings. The van der Waals surface area contributed by atoms with Gasteiger partial charge in [0.05, 0.1) is 11.1 Å². The van der Waals surface area contributed by atoms with Crippen LogP contribution in [0.2, 0.25) is 0 Å². The fraction of sp³-hybridized carbons (Fsp3) is 0.368. The van der Waals surface area contributed by atoms with E-state index in [1.54, 1.807) is 50.3 Å². The van der Waals surface area contributed by atoms with E-state index < -0.39 is 29.3 Å². The summed E-state index contributed by atoms with van der Waals surface area (Å²) in [7, 11) is 0. The van der Waals surface area contributed by atoms with E-state index in [0.717, 1.165) is 0 Å². The lowest BCUT2D eigenvalue weighted by Gasteiger charge is -2.30. The van der Waals surface area contributed by atoms with Gasteiger partial charge < -0.3 is 14.2 Å². The van der Waals surface area contributed by atoms with Crippen molar-refractivity contribution < 1.29 is 33.3 Å². The molecule has 0 aromatic heterocycles. The summed E-state index contributed by atoms with van der Waals surface area (Å²) in [5.41, 5.74) is 1.16. The first-order valence-corrected chi connectivity index (χ1v) is 8.26. The summed E-state index contributed by atoms with van der Waals surface area (Å²) in [5.74, 6) is -6.64. The van der Waals surface area contributed by atoms with Gasteiger partial charge in [0.1, 0.15) is 0 Å². The Labute approximate surface area is 149 Å². The maximum Gasteiger partial charge on any atom is 0.365 e. The fourth-order valence-electron chi connectivity index (χ4n) is 3.82. The highest BCUT2D eigenvalue weighted by Crippen LogP contribution is 2.61. The Morgan fingerprint density at radius 3 is 2.46 bits per heavy atom. The normalized spacial score (nSPS) is 38.6. The number of ketones is 1. The van der Waals surface area contributed by atoms with Gasteiger partial charge in [0.15, 0.2) is 11.6 Å². The SMILES string of the molecule is CC(=O)C1=CC23OC(C)(C)OC2(C=C1)OC1(OC(=O)c2ccccc21)O3. The van der Waals surface area contributed by atoms with Crippen LogP contribution in [0.4, 0.5) is 0 Å². The van der Waals surface area contributed by atoms with Gasteiger partial charge in [0, 0.05) is 5.57 Å². The zero-order valence-electron chi connectivity index (χ0n) is 14.4. The smallest absolute Gasteiger partial charge is 0.365 e. The van der Waals surface area contributed by atoms with Crippen LogP contribution >= 0.6 is 0 Å². The minimum absolute atomic E-state index is 0.161. The molecular formula is C19H16O7. The van der Waals surface area contributed by atoms with Crippen molar-refractivity contribution >= 4 is 11.8 Å². The van der Waals surface area contributed by atoms with Crippen LogP contribution in [0.15, 0.2) is 48.1 Å². The number of allylic oxidation sites excluding steroid dienone is 2. The quantitative estimate of drug-likeness (QED) is 0.714. The number of hydrogen-bond donors (Lipinski definition) is 0. The molecule has 134 valence electrons. The Morgan fingerprint density at radius 2 is 1.69 bits per heavy atom. The van der Waals surface area contributed by atoms with Gasteiger partial charge in [-0.25, -0.2) is 4.79 Å². The van der Waals surface area contributed by atoms with Crippen LogP contribution in [0.5, 0.6) is 0 Å². The lowest BCUT2D eigenvalue weighted by molar-refractivity contribution is -0.391. The molecule has 7 nitrogen and oxygen atoms in total. The van der Waals surface area contributed by atoms with E-state index >= 15 is 0 Å². The minimum Gasteiger partial charge on any atom is -0.400 e. The van der Waals surface area contributed by atoms with E-state index in [1.807, 2.05) is 0 Å². The number of carbonyl (C=O) groups is 2. The summed E-state index contributed by atoms with van der Waals surface area (Å²) in [5, 5.41) is 0. The minimum atomic E-state index is -1.81. The molecule has 7 heteroatoms. The van der Waals surface area contributed by atoms with Gasteiger partial charge in [-0.3, -0.25) is 14.3 Å². The second kappa shape index (κ2) is 4.50. The Balaban J connectivity index is 1.69. The number of Topliss-reactive ketones (excluding diaryl/α,β-unsaturated/α-hetero) is 1. The van der Waals surface area contributed by atoms with E-state index in [2.05, 4.69) is 0 Å². The largest absolute Gasteiger partial charge is 0.400 e. The Bertz CT molecular complexity index is 930. The molecule has 2 fully saturated rings. The third-order valence-electron chi connectivity index (χ3n) is 4.79. The Kier molecular flexibility index (Phi) is 2.75. The monoisotopic (exact) mass is 356 g/mol. The molecule has 3 heterocycles. The summed E-state index contributed by atoms with van der Waals surface area (Å²) >= 11 is 0. The van der Waals surface area contributed by atoms with Crippen LogP contribution in [0.25, 0.3) is 0 Å². The fourth-order valence-corrected chi connectivity index (χ4v) is 3.82. The summed E-state index contributed by atoms with van der Waals surface area (Å²) in [6.45, 7) is 4.86. The van der Waals surface area contributed by atoms with Crippen molar-refractivity contribution in [1.82, 2.24) is 0 Å². The summed E-state index contributed by atoms with van der Waals surface area (Å²) < 4.78 is 29.8. The lowest BCUT2D eigenvalue weighted by atomic mass is 9.94. The molecule has 1 spiro atoms. The van der Waals surface area contributed by atoms with Crippen LogP contribution < -0.4 is 0 Å². The molecule has 4 aliphatic rings. The molecule has 3 atom stereocenters. The highest BCUT2D eigenvalue weighted by atomic mass is 17.0. The first-order valence-electron chi connectivity index (χ1n) is 8.26. The van der Waals surface area contributed by atoms with Crippen molar-refractivity contribution in [2.75, 3.05) is 0 Å². The average Bonchev–Trinajstić information content (AvgIpc) is 3.06. The lowest BCUT2D eigenvalue weighted by Crippen LogP contribution is -2.48. The van der Waals surface area contributed by atoms with E-state index in [0.29, 0.717) is 16.7 Å². The Morgan fingerprint density at radius 1 is 1.00 bits per heavy atom. The predicted molar refractivity (Wildman–Crippen MR) is 85.3 cm³/mol.